The van der Waals surface area contributed by atoms with Gasteiger partial charge < -0.3 is 59.2 Å². The van der Waals surface area contributed by atoms with Crippen LogP contribution in [0.25, 0.3) is 0 Å². The highest BCUT2D eigenvalue weighted by molar-refractivity contribution is 6.06. The van der Waals surface area contributed by atoms with E-state index in [0.29, 0.717) is 71.3 Å². The van der Waals surface area contributed by atoms with E-state index >= 15 is 0 Å². The third kappa shape index (κ3) is 14.7. The van der Waals surface area contributed by atoms with Crippen LogP contribution in [0, 0.1) is 5.41 Å². The van der Waals surface area contributed by atoms with Crippen molar-refractivity contribution in [2.75, 3.05) is 90.5 Å². The number of phenols is 1. The van der Waals surface area contributed by atoms with Crippen LogP contribution in [-0.4, -0.2) is 164 Å². The smallest absolute Gasteiger partial charge is 0.246 e. The van der Waals surface area contributed by atoms with Crippen molar-refractivity contribution in [3.63, 3.8) is 0 Å². The predicted molar refractivity (Wildman–Crippen MR) is 226 cm³/mol. The number of phenolic OH excluding ortho intramolecular Hbond substituents is 1. The average Bonchev–Trinajstić information content (AvgIpc) is 3.94. The van der Waals surface area contributed by atoms with Gasteiger partial charge in [-0.15, -0.1) is 0 Å². The molecule has 2 aromatic rings. The van der Waals surface area contributed by atoms with Gasteiger partial charge in [0.05, 0.1) is 64.5 Å². The number of amides is 3. The summed E-state index contributed by atoms with van der Waals surface area (Å²) in [5, 5.41) is 25.6. The van der Waals surface area contributed by atoms with Gasteiger partial charge in [0.25, 0.3) is 0 Å². The van der Waals surface area contributed by atoms with E-state index in [0.717, 1.165) is 25.3 Å². The number of pyridine rings is 1. The zero-order valence-corrected chi connectivity index (χ0v) is 36.0. The van der Waals surface area contributed by atoms with Crippen molar-refractivity contribution in [1.82, 2.24) is 25.4 Å². The summed E-state index contributed by atoms with van der Waals surface area (Å²) in [6.45, 7) is 12.2. The van der Waals surface area contributed by atoms with Gasteiger partial charge in [-0.3, -0.25) is 19.2 Å². The summed E-state index contributed by atoms with van der Waals surface area (Å²) in [6.07, 6.45) is 5.15. The van der Waals surface area contributed by atoms with Crippen LogP contribution in [-0.2, 0) is 33.3 Å². The molecule has 5 atom stereocenters. The number of benzene rings is 1. The molecule has 0 aliphatic carbocycles. The van der Waals surface area contributed by atoms with Crippen LogP contribution < -0.4 is 20.3 Å². The van der Waals surface area contributed by atoms with Gasteiger partial charge in [-0.2, -0.15) is 4.98 Å². The number of aliphatic hydroxyl groups is 1. The van der Waals surface area contributed by atoms with E-state index in [1.807, 2.05) is 52.1 Å². The maximum atomic E-state index is 13.2. The Bertz CT molecular complexity index is 1770. The average molecular weight is 853 g/mol. The van der Waals surface area contributed by atoms with Crippen LogP contribution in [0.2, 0.25) is 0 Å². The molecule has 61 heavy (non-hydrogen) atoms. The van der Waals surface area contributed by atoms with Gasteiger partial charge in [-0.25, -0.2) is 0 Å². The maximum Gasteiger partial charge on any atom is 0.246 e. The number of aromatic nitrogens is 1. The van der Waals surface area contributed by atoms with Crippen LogP contribution >= 0.6 is 0 Å². The van der Waals surface area contributed by atoms with E-state index in [4.69, 9.17) is 28.7 Å². The van der Waals surface area contributed by atoms with Crippen LogP contribution in [0.1, 0.15) is 63.7 Å². The lowest BCUT2D eigenvalue weighted by molar-refractivity contribution is -0.141. The van der Waals surface area contributed by atoms with Gasteiger partial charge in [0.15, 0.2) is 5.78 Å². The number of aromatic hydroxyl groups is 1. The van der Waals surface area contributed by atoms with Crippen LogP contribution in [0.4, 0.5) is 5.82 Å². The Morgan fingerprint density at radius 2 is 1.56 bits per heavy atom. The Morgan fingerprint density at radius 1 is 0.852 bits per heavy atom. The fraction of sp³-hybridized carbons (Fsp3) is 0.614. The molecule has 336 valence electrons. The fourth-order valence-corrected chi connectivity index (χ4v) is 7.65. The predicted octanol–water partition coefficient (Wildman–Crippen LogP) is 2.30. The van der Waals surface area contributed by atoms with E-state index in [-0.39, 0.29) is 73.4 Å². The number of ketones is 1. The monoisotopic (exact) mass is 852 g/mol. The molecule has 17 nitrogen and oxygen atoms in total. The highest BCUT2D eigenvalue weighted by Gasteiger charge is 2.43. The van der Waals surface area contributed by atoms with Gasteiger partial charge in [-0.05, 0) is 49.8 Å². The first kappa shape index (κ1) is 47.2. The standard InChI is InChI=1S/C44H64N6O11/c1-31-25-34(51)29-49(31)43(56)42(44(2,3)4)47-40(55)30-60-24-23-59-22-21-58-20-19-57-18-15-45-39(54)12-8-17-61-41-13-7-11-38(46-41)50-28-32-26-33(50)27-48(32)16-14-37(53)35-9-5-6-10-36(35)52/h5-7,9-11,13-14,16,31-34,42,51-52H,8,12,15,17-30H2,1-4H3,(H,45,54)(H,47,55)/b16-14+/t31-,32-,33-,34-,42-/m1/s1. The molecule has 0 radical (unpaired) electrons. The minimum atomic E-state index is -0.736. The molecule has 1 aromatic heterocycles. The van der Waals surface area contributed by atoms with E-state index < -0.39 is 23.5 Å². The Labute approximate surface area is 358 Å². The van der Waals surface area contributed by atoms with Crippen molar-refractivity contribution in [1.29, 1.82) is 0 Å². The number of carbonyl (C=O) groups excluding carboxylic acids is 4. The van der Waals surface area contributed by atoms with Crippen molar-refractivity contribution in [2.45, 2.75) is 83.6 Å². The lowest BCUT2D eigenvalue weighted by Gasteiger charge is -2.35. The summed E-state index contributed by atoms with van der Waals surface area (Å²) >= 11 is 0. The lowest BCUT2D eigenvalue weighted by Crippen LogP contribution is -2.56. The number of carbonyl (C=O) groups is 4. The van der Waals surface area contributed by atoms with Crippen molar-refractivity contribution < 1.29 is 53.1 Å². The van der Waals surface area contributed by atoms with Crippen LogP contribution in [0.3, 0.4) is 0 Å². The number of fused-ring (bicyclic) bond motifs is 2. The third-order valence-corrected chi connectivity index (χ3v) is 10.8. The number of aliphatic hydroxyl groups excluding tert-OH is 1. The number of rotatable bonds is 25. The number of piperazine rings is 1. The molecule has 1 aromatic carbocycles. The minimum Gasteiger partial charge on any atom is -0.507 e. The second-order valence-electron chi connectivity index (χ2n) is 16.7. The van der Waals surface area contributed by atoms with Crippen molar-refractivity contribution in [3.05, 3.63) is 60.3 Å². The lowest BCUT2D eigenvalue weighted by atomic mass is 9.85. The number of hydrogen-bond donors (Lipinski definition) is 4. The zero-order chi connectivity index (χ0) is 43.8. The number of β-amino-alcohol motifs (C(OH)–C–C–N with tert-alkyl or cyclic N) is 1. The largest absolute Gasteiger partial charge is 0.507 e. The number of hydrogen-bond acceptors (Lipinski definition) is 14. The van der Waals surface area contributed by atoms with E-state index in [1.54, 1.807) is 23.1 Å². The summed E-state index contributed by atoms with van der Waals surface area (Å²) in [5.41, 5.74) is -0.226. The first-order chi connectivity index (χ1) is 29.3. The molecule has 3 aliphatic rings. The SMILES string of the molecule is C[C@@H]1C[C@@H](O)CN1C(=O)[C@@H](NC(=O)COCCOCCOCCOCCNC(=O)CCCOc1cccc(N2C[C@H]3C[C@@H]2CN3/C=C/C(=O)c2ccccc2O)n1)C(C)(C)C. The number of nitrogens with zero attached hydrogens (tertiary/aromatic N) is 4. The van der Waals surface area contributed by atoms with Crippen LogP contribution in [0.15, 0.2) is 54.7 Å². The van der Waals surface area contributed by atoms with E-state index in [9.17, 15) is 29.4 Å². The molecule has 4 N–H and O–H groups in total. The number of likely N-dealkylation sites (tertiary alicyclic amines) is 2. The van der Waals surface area contributed by atoms with Gasteiger partial charge in [0.2, 0.25) is 23.6 Å². The van der Waals surface area contributed by atoms with E-state index in [1.165, 1.54) is 12.1 Å². The van der Waals surface area contributed by atoms with Gasteiger partial charge >= 0.3 is 0 Å². The van der Waals surface area contributed by atoms with Gasteiger partial charge in [0, 0.05) is 69.1 Å². The van der Waals surface area contributed by atoms with Crippen molar-refractivity contribution >= 4 is 29.3 Å². The minimum absolute atomic E-state index is 0.0227. The summed E-state index contributed by atoms with van der Waals surface area (Å²) in [4.78, 5) is 61.3. The van der Waals surface area contributed by atoms with Crippen molar-refractivity contribution in [3.8, 4) is 11.6 Å². The van der Waals surface area contributed by atoms with Gasteiger partial charge in [-0.1, -0.05) is 39.0 Å². The van der Waals surface area contributed by atoms with Crippen LogP contribution in [0.5, 0.6) is 11.6 Å². The Hall–Kier alpha value is -4.81. The molecule has 2 bridgehead atoms. The molecule has 3 aliphatic heterocycles. The maximum absolute atomic E-state index is 13.2. The quantitative estimate of drug-likeness (QED) is 0.0644. The molecule has 3 fully saturated rings. The molecule has 3 amide bonds. The summed E-state index contributed by atoms with van der Waals surface area (Å²) in [6, 6.07) is 11.9. The van der Waals surface area contributed by atoms with E-state index in [2.05, 4.69) is 20.4 Å². The number of anilines is 1. The molecule has 0 spiro atoms. The summed E-state index contributed by atoms with van der Waals surface area (Å²) in [5.74, 6) is 0.425. The normalized spacial score (nSPS) is 20.4. The third-order valence-electron chi connectivity index (χ3n) is 10.8. The first-order valence-corrected chi connectivity index (χ1v) is 21.3. The molecule has 0 unspecified atom stereocenters. The topological polar surface area (TPSA) is 202 Å². The molecular weight excluding hydrogens is 789 g/mol. The molecule has 5 rings (SSSR count). The summed E-state index contributed by atoms with van der Waals surface area (Å²) < 4.78 is 27.8. The van der Waals surface area contributed by atoms with Gasteiger partial charge in [0.1, 0.15) is 24.2 Å². The second kappa shape index (κ2) is 23.4. The molecule has 4 heterocycles. The Kier molecular flexibility index (Phi) is 18.1. The molecule has 0 saturated carbocycles. The summed E-state index contributed by atoms with van der Waals surface area (Å²) in [7, 11) is 0. The molecule has 17 heteroatoms. The number of nitrogens with one attached hydrogen (secondary N) is 2. The Morgan fingerprint density at radius 3 is 2.21 bits per heavy atom. The number of para-hydroxylation sites is 1. The highest BCUT2D eigenvalue weighted by atomic mass is 16.6. The zero-order valence-electron chi connectivity index (χ0n) is 36.0. The molecule has 3 saturated heterocycles. The fourth-order valence-electron chi connectivity index (χ4n) is 7.65. The second-order valence-corrected chi connectivity index (χ2v) is 16.7. The first-order valence-electron chi connectivity index (χ1n) is 21.3. The molecular formula is C44H64N6O11. The van der Waals surface area contributed by atoms with Crippen molar-refractivity contribution in [2.24, 2.45) is 5.41 Å². The number of allylic oxidation sites excluding steroid dienone is 1. The number of ether oxygens (including phenoxy) is 5. The Balaban J connectivity index is 0.821. The highest BCUT2D eigenvalue weighted by Crippen LogP contribution is 2.35.